The normalized spacial score (nSPS) is 11.1. The zero-order valence-corrected chi connectivity index (χ0v) is 16.3. The van der Waals surface area contributed by atoms with E-state index in [4.69, 9.17) is 16.0 Å². The van der Waals surface area contributed by atoms with Crippen molar-refractivity contribution < 1.29 is 9.21 Å². The number of rotatable bonds is 5. The molecule has 0 aliphatic carbocycles. The first kappa shape index (κ1) is 18.9. The van der Waals surface area contributed by atoms with Crippen molar-refractivity contribution in [3.05, 3.63) is 81.6 Å². The number of hydrogen-bond acceptors (Lipinski definition) is 3. The first-order valence-electron chi connectivity index (χ1n) is 8.67. The van der Waals surface area contributed by atoms with Crippen LogP contribution in [-0.4, -0.2) is 12.1 Å². The molecule has 1 heterocycles. The summed E-state index contributed by atoms with van der Waals surface area (Å²) >= 11 is 6.06. The molecule has 0 atom stereocenters. The number of halogens is 1. The summed E-state index contributed by atoms with van der Waals surface area (Å²) in [4.78, 5) is 12.0. The van der Waals surface area contributed by atoms with E-state index in [1.807, 2.05) is 63.2 Å². The van der Waals surface area contributed by atoms with Crippen LogP contribution in [-0.2, 0) is 11.2 Å². The van der Waals surface area contributed by atoms with E-state index in [2.05, 4.69) is 10.5 Å². The van der Waals surface area contributed by atoms with Crippen LogP contribution in [0.4, 0.5) is 0 Å². The lowest BCUT2D eigenvalue weighted by Crippen LogP contribution is -2.19. The highest BCUT2D eigenvalue weighted by molar-refractivity contribution is 6.30. The average molecular weight is 381 g/mol. The molecule has 0 unspecified atom stereocenters. The maximum atomic E-state index is 12.0. The van der Waals surface area contributed by atoms with Gasteiger partial charge >= 0.3 is 0 Å². The van der Waals surface area contributed by atoms with Gasteiger partial charge in [0.2, 0.25) is 5.91 Å². The van der Waals surface area contributed by atoms with E-state index < -0.39 is 0 Å². The fourth-order valence-corrected chi connectivity index (χ4v) is 2.91. The second kappa shape index (κ2) is 8.23. The Morgan fingerprint density at radius 3 is 2.59 bits per heavy atom. The van der Waals surface area contributed by atoms with Crippen LogP contribution in [0.25, 0.3) is 11.3 Å². The molecule has 0 saturated carbocycles. The molecule has 138 valence electrons. The van der Waals surface area contributed by atoms with Gasteiger partial charge in [-0.15, -0.1) is 0 Å². The quantitative estimate of drug-likeness (QED) is 0.487. The highest BCUT2D eigenvalue weighted by Crippen LogP contribution is 2.27. The largest absolute Gasteiger partial charge is 0.455 e. The molecule has 1 aromatic heterocycles. The molecule has 2 aromatic carbocycles. The average Bonchev–Trinajstić information content (AvgIpc) is 3.09. The highest BCUT2D eigenvalue weighted by atomic mass is 35.5. The van der Waals surface area contributed by atoms with Crippen molar-refractivity contribution in [2.45, 2.75) is 27.2 Å². The van der Waals surface area contributed by atoms with Gasteiger partial charge in [-0.1, -0.05) is 35.9 Å². The second-order valence-corrected chi connectivity index (χ2v) is 6.99. The van der Waals surface area contributed by atoms with Gasteiger partial charge in [-0.3, -0.25) is 4.79 Å². The van der Waals surface area contributed by atoms with E-state index in [9.17, 15) is 4.79 Å². The van der Waals surface area contributed by atoms with Crippen molar-refractivity contribution in [1.29, 1.82) is 0 Å². The van der Waals surface area contributed by atoms with Gasteiger partial charge in [0.15, 0.2) is 0 Å². The van der Waals surface area contributed by atoms with Gasteiger partial charge in [0.1, 0.15) is 11.5 Å². The maximum absolute atomic E-state index is 12.0. The Morgan fingerprint density at radius 2 is 1.81 bits per heavy atom. The number of aryl methyl sites for hydroxylation is 3. The smallest absolute Gasteiger partial charge is 0.244 e. The molecule has 0 aliphatic heterocycles. The number of nitrogens with one attached hydrogen (secondary N) is 1. The summed E-state index contributed by atoms with van der Waals surface area (Å²) in [6.45, 7) is 6.08. The zero-order valence-electron chi connectivity index (χ0n) is 15.5. The third-order valence-corrected chi connectivity index (χ3v) is 4.64. The van der Waals surface area contributed by atoms with Crippen LogP contribution in [0.15, 0.2) is 58.0 Å². The van der Waals surface area contributed by atoms with Crippen LogP contribution in [0, 0.1) is 20.8 Å². The topological polar surface area (TPSA) is 54.6 Å². The molecule has 27 heavy (non-hydrogen) atoms. The monoisotopic (exact) mass is 380 g/mol. The van der Waals surface area contributed by atoms with Crippen molar-refractivity contribution >= 4 is 23.7 Å². The standard InChI is InChI=1S/C22H21ClN2O2/c1-14-4-6-17(10-16(14)3)11-22(26)25-24-13-19-8-9-21(27-19)20-12-18(23)7-5-15(20)2/h4-10,12-13H,11H2,1-3H3,(H,25,26)/b24-13+. The van der Waals surface area contributed by atoms with E-state index in [0.717, 1.165) is 16.7 Å². The number of furan rings is 1. The van der Waals surface area contributed by atoms with Gasteiger partial charge in [0.05, 0.1) is 12.6 Å². The Bertz CT molecular complexity index is 1010. The molecule has 1 amide bonds. The summed E-state index contributed by atoms with van der Waals surface area (Å²) in [6, 6.07) is 15.3. The number of nitrogens with zero attached hydrogens (tertiary/aromatic N) is 1. The lowest BCUT2D eigenvalue weighted by molar-refractivity contribution is -0.120. The lowest BCUT2D eigenvalue weighted by Gasteiger charge is -2.04. The molecule has 1 N–H and O–H groups in total. The van der Waals surface area contributed by atoms with Crippen LogP contribution < -0.4 is 5.43 Å². The third kappa shape index (κ3) is 4.86. The molecule has 4 nitrogen and oxygen atoms in total. The maximum Gasteiger partial charge on any atom is 0.244 e. The minimum atomic E-state index is -0.174. The van der Waals surface area contributed by atoms with Crippen molar-refractivity contribution in [3.8, 4) is 11.3 Å². The molecule has 0 aliphatic rings. The Kier molecular flexibility index (Phi) is 5.77. The van der Waals surface area contributed by atoms with Gasteiger partial charge in [-0.2, -0.15) is 5.10 Å². The Hall–Kier alpha value is -2.85. The van der Waals surface area contributed by atoms with E-state index in [1.165, 1.54) is 17.3 Å². The summed E-state index contributed by atoms with van der Waals surface area (Å²) < 4.78 is 5.78. The van der Waals surface area contributed by atoms with E-state index in [0.29, 0.717) is 16.5 Å². The van der Waals surface area contributed by atoms with Gasteiger partial charge in [-0.05, 0) is 67.3 Å². The second-order valence-electron chi connectivity index (χ2n) is 6.55. The Balaban J connectivity index is 1.61. The molecule has 0 saturated heterocycles. The van der Waals surface area contributed by atoms with Crippen LogP contribution in [0.2, 0.25) is 5.02 Å². The lowest BCUT2D eigenvalue weighted by atomic mass is 10.0. The first-order valence-corrected chi connectivity index (χ1v) is 9.04. The predicted octanol–water partition coefficient (Wildman–Crippen LogP) is 5.22. The summed E-state index contributed by atoms with van der Waals surface area (Å²) in [5, 5.41) is 4.63. The number of benzene rings is 2. The van der Waals surface area contributed by atoms with E-state index in [-0.39, 0.29) is 12.3 Å². The number of amides is 1. The van der Waals surface area contributed by atoms with Gasteiger partial charge in [-0.25, -0.2) is 5.43 Å². The molecule has 3 aromatic rings. The van der Waals surface area contributed by atoms with E-state index in [1.54, 1.807) is 6.07 Å². The highest BCUT2D eigenvalue weighted by Gasteiger charge is 2.08. The molecule has 5 heteroatoms. The van der Waals surface area contributed by atoms with Crippen LogP contribution in [0.5, 0.6) is 0 Å². The molecular weight excluding hydrogens is 360 g/mol. The first-order chi connectivity index (χ1) is 12.9. The zero-order chi connectivity index (χ0) is 19.4. The molecule has 0 radical (unpaired) electrons. The van der Waals surface area contributed by atoms with Gasteiger partial charge in [0.25, 0.3) is 0 Å². The molecule has 0 bridgehead atoms. The summed E-state index contributed by atoms with van der Waals surface area (Å²) in [7, 11) is 0. The molecule has 0 fully saturated rings. The summed E-state index contributed by atoms with van der Waals surface area (Å²) in [5.41, 5.74) is 7.87. The van der Waals surface area contributed by atoms with Crippen LogP contribution in [0.3, 0.4) is 0 Å². The van der Waals surface area contributed by atoms with Gasteiger partial charge < -0.3 is 4.42 Å². The van der Waals surface area contributed by atoms with Crippen LogP contribution >= 0.6 is 11.6 Å². The minimum Gasteiger partial charge on any atom is -0.455 e. The van der Waals surface area contributed by atoms with Gasteiger partial charge in [0, 0.05) is 10.6 Å². The minimum absolute atomic E-state index is 0.174. The van der Waals surface area contributed by atoms with Crippen LogP contribution in [0.1, 0.15) is 28.0 Å². The van der Waals surface area contributed by atoms with Crippen molar-refractivity contribution in [3.63, 3.8) is 0 Å². The summed E-state index contributed by atoms with van der Waals surface area (Å²) in [6.07, 6.45) is 1.77. The van der Waals surface area contributed by atoms with E-state index >= 15 is 0 Å². The molecular formula is C22H21ClN2O2. The molecule has 3 rings (SSSR count). The SMILES string of the molecule is Cc1ccc(CC(=O)N/N=C/c2ccc(-c3cc(Cl)ccc3C)o2)cc1C. The predicted molar refractivity (Wildman–Crippen MR) is 109 cm³/mol. The van der Waals surface area contributed by atoms with Crippen molar-refractivity contribution in [2.24, 2.45) is 5.10 Å². The number of hydrazone groups is 1. The van der Waals surface area contributed by atoms with Crippen molar-refractivity contribution in [1.82, 2.24) is 5.43 Å². The summed E-state index contributed by atoms with van der Waals surface area (Å²) in [5.74, 6) is 1.08. The molecule has 0 spiro atoms. The number of carbonyl (C=O) groups excluding carboxylic acids is 1. The Labute approximate surface area is 163 Å². The third-order valence-electron chi connectivity index (χ3n) is 4.41. The fourth-order valence-electron chi connectivity index (χ4n) is 2.73. The fraction of sp³-hybridized carbons (Fsp3) is 0.182. The number of hydrogen-bond donors (Lipinski definition) is 1. The van der Waals surface area contributed by atoms with Crippen molar-refractivity contribution in [2.75, 3.05) is 0 Å². The number of carbonyl (C=O) groups is 1. The Morgan fingerprint density at radius 1 is 1.04 bits per heavy atom.